The molecule has 1 unspecified atom stereocenters. The first kappa shape index (κ1) is 21.2. The summed E-state index contributed by atoms with van der Waals surface area (Å²) < 4.78 is 7.57. The quantitative estimate of drug-likeness (QED) is 0.409. The van der Waals surface area contributed by atoms with Crippen LogP contribution in [0, 0.1) is 0 Å². The van der Waals surface area contributed by atoms with Gasteiger partial charge in [0.05, 0.1) is 26.3 Å². The number of hydrogen-bond donors (Lipinski definition) is 1. The molecule has 0 saturated carbocycles. The second-order valence-electron chi connectivity index (χ2n) is 6.16. The first-order valence-corrected chi connectivity index (χ1v) is 8.53. The Morgan fingerprint density at radius 2 is 2.12 bits per heavy atom. The molecule has 0 amide bonds. The van der Waals surface area contributed by atoms with Crippen molar-refractivity contribution in [3.05, 3.63) is 24.0 Å². The Bertz CT molecular complexity index is 499. The van der Waals surface area contributed by atoms with Crippen molar-refractivity contribution in [2.75, 3.05) is 46.4 Å². The van der Waals surface area contributed by atoms with Crippen LogP contribution in [0.4, 0.5) is 0 Å². The molecule has 1 saturated heterocycles. The molecule has 0 spiro atoms. The molecule has 1 aliphatic heterocycles. The SMILES string of the molecule is CCNC(=NCC(C)N1CCOCC1)N(C)Cc1cccn1C.I. The van der Waals surface area contributed by atoms with E-state index in [9.17, 15) is 0 Å². The summed E-state index contributed by atoms with van der Waals surface area (Å²) in [5, 5.41) is 3.40. The number of ether oxygens (including phenoxy) is 1. The molecule has 2 heterocycles. The number of morpholine rings is 1. The number of aliphatic imine (C=N–C) groups is 1. The molecular weight excluding hydrogens is 417 g/mol. The Kier molecular flexibility index (Phi) is 9.68. The number of nitrogens with zero attached hydrogens (tertiary/aromatic N) is 4. The topological polar surface area (TPSA) is 45.0 Å². The molecule has 1 atom stereocenters. The van der Waals surface area contributed by atoms with Crippen LogP contribution < -0.4 is 5.32 Å². The molecule has 1 aromatic heterocycles. The van der Waals surface area contributed by atoms with Crippen molar-refractivity contribution in [3.8, 4) is 0 Å². The zero-order valence-corrected chi connectivity index (χ0v) is 17.7. The number of guanidine groups is 1. The molecule has 24 heavy (non-hydrogen) atoms. The predicted octanol–water partition coefficient (Wildman–Crippen LogP) is 1.76. The van der Waals surface area contributed by atoms with Crippen LogP contribution in [0.25, 0.3) is 0 Å². The summed E-state index contributed by atoms with van der Waals surface area (Å²) in [6.07, 6.45) is 2.08. The van der Waals surface area contributed by atoms with Gasteiger partial charge in [0.2, 0.25) is 0 Å². The molecule has 0 aliphatic carbocycles. The highest BCUT2D eigenvalue weighted by Gasteiger charge is 2.17. The zero-order valence-electron chi connectivity index (χ0n) is 15.4. The van der Waals surface area contributed by atoms with Gasteiger partial charge in [0, 0.05) is 51.7 Å². The van der Waals surface area contributed by atoms with Gasteiger partial charge in [-0.1, -0.05) is 0 Å². The summed E-state index contributed by atoms with van der Waals surface area (Å²) >= 11 is 0. The standard InChI is InChI=1S/C17H31N5O.HI/c1-5-18-17(21(4)14-16-7-6-8-20(16)3)19-13-15(2)22-9-11-23-12-10-22;/h6-8,15H,5,9-14H2,1-4H3,(H,18,19);1H. The molecule has 1 fully saturated rings. The molecule has 2 rings (SSSR count). The number of aromatic nitrogens is 1. The summed E-state index contributed by atoms with van der Waals surface area (Å²) in [4.78, 5) is 9.48. The molecule has 1 aromatic rings. The van der Waals surface area contributed by atoms with Crippen LogP contribution in [0.15, 0.2) is 23.3 Å². The van der Waals surface area contributed by atoms with Crippen LogP contribution in [-0.2, 0) is 18.3 Å². The summed E-state index contributed by atoms with van der Waals surface area (Å²) in [6, 6.07) is 4.67. The summed E-state index contributed by atoms with van der Waals surface area (Å²) in [5.41, 5.74) is 1.28. The fourth-order valence-electron chi connectivity index (χ4n) is 2.80. The molecule has 6 nitrogen and oxygen atoms in total. The van der Waals surface area contributed by atoms with Crippen molar-refractivity contribution < 1.29 is 4.74 Å². The zero-order chi connectivity index (χ0) is 16.7. The first-order chi connectivity index (χ1) is 11.1. The highest BCUT2D eigenvalue weighted by Crippen LogP contribution is 2.06. The second-order valence-corrected chi connectivity index (χ2v) is 6.16. The fourth-order valence-corrected chi connectivity index (χ4v) is 2.80. The molecule has 0 aromatic carbocycles. The Labute approximate surface area is 163 Å². The highest BCUT2D eigenvalue weighted by atomic mass is 127. The lowest BCUT2D eigenvalue weighted by atomic mass is 10.2. The normalized spacial score (nSPS) is 17.2. The minimum absolute atomic E-state index is 0. The van der Waals surface area contributed by atoms with Crippen LogP contribution in [-0.4, -0.2) is 72.8 Å². The smallest absolute Gasteiger partial charge is 0.194 e. The first-order valence-electron chi connectivity index (χ1n) is 8.53. The van der Waals surface area contributed by atoms with E-state index in [2.05, 4.69) is 66.0 Å². The predicted molar refractivity (Wildman–Crippen MR) is 110 cm³/mol. The van der Waals surface area contributed by atoms with Gasteiger partial charge in [0.25, 0.3) is 0 Å². The minimum Gasteiger partial charge on any atom is -0.379 e. The van der Waals surface area contributed by atoms with Crippen LogP contribution in [0.3, 0.4) is 0 Å². The third kappa shape index (κ3) is 6.25. The van der Waals surface area contributed by atoms with Crippen molar-refractivity contribution in [2.24, 2.45) is 12.0 Å². The van der Waals surface area contributed by atoms with Gasteiger partial charge in [0.15, 0.2) is 5.96 Å². The van der Waals surface area contributed by atoms with Gasteiger partial charge in [-0.3, -0.25) is 9.89 Å². The van der Waals surface area contributed by atoms with Gasteiger partial charge in [-0.2, -0.15) is 0 Å². The number of hydrogen-bond acceptors (Lipinski definition) is 3. The number of nitrogens with one attached hydrogen (secondary N) is 1. The van der Waals surface area contributed by atoms with Gasteiger partial charge in [-0.15, -0.1) is 24.0 Å². The lowest BCUT2D eigenvalue weighted by molar-refractivity contribution is 0.0220. The van der Waals surface area contributed by atoms with E-state index in [-0.39, 0.29) is 24.0 Å². The van der Waals surface area contributed by atoms with Crippen molar-refractivity contribution in [1.29, 1.82) is 0 Å². The number of rotatable bonds is 6. The fraction of sp³-hybridized carbons (Fsp3) is 0.706. The van der Waals surface area contributed by atoms with Crippen LogP contribution in [0.5, 0.6) is 0 Å². The third-order valence-corrected chi connectivity index (χ3v) is 4.32. The summed E-state index contributed by atoms with van der Waals surface area (Å²) in [7, 11) is 4.17. The van der Waals surface area contributed by atoms with Crippen molar-refractivity contribution in [3.63, 3.8) is 0 Å². The van der Waals surface area contributed by atoms with E-state index in [1.807, 2.05) is 0 Å². The maximum absolute atomic E-state index is 5.42. The van der Waals surface area contributed by atoms with Crippen molar-refractivity contribution in [2.45, 2.75) is 26.4 Å². The number of halogens is 1. The Morgan fingerprint density at radius 3 is 2.71 bits per heavy atom. The van der Waals surface area contributed by atoms with Crippen LogP contribution >= 0.6 is 24.0 Å². The van der Waals surface area contributed by atoms with Crippen molar-refractivity contribution >= 4 is 29.9 Å². The van der Waals surface area contributed by atoms with Crippen LogP contribution in [0.2, 0.25) is 0 Å². The molecule has 1 aliphatic rings. The molecule has 1 N–H and O–H groups in total. The lowest BCUT2D eigenvalue weighted by Crippen LogP contribution is -2.44. The monoisotopic (exact) mass is 449 g/mol. The second kappa shape index (κ2) is 10.9. The lowest BCUT2D eigenvalue weighted by Gasteiger charge is -2.32. The molecular formula is C17H32IN5O. The van der Waals surface area contributed by atoms with E-state index >= 15 is 0 Å². The van der Waals surface area contributed by atoms with E-state index in [4.69, 9.17) is 9.73 Å². The minimum atomic E-state index is 0. The third-order valence-electron chi connectivity index (χ3n) is 4.32. The van der Waals surface area contributed by atoms with E-state index in [1.54, 1.807) is 0 Å². The van der Waals surface area contributed by atoms with E-state index in [0.717, 1.165) is 51.9 Å². The average molecular weight is 449 g/mol. The average Bonchev–Trinajstić information content (AvgIpc) is 2.96. The molecule has 0 radical (unpaired) electrons. The van der Waals surface area contributed by atoms with E-state index in [1.165, 1.54) is 5.69 Å². The van der Waals surface area contributed by atoms with Crippen LogP contribution in [0.1, 0.15) is 19.5 Å². The summed E-state index contributed by atoms with van der Waals surface area (Å²) in [6.45, 7) is 10.6. The summed E-state index contributed by atoms with van der Waals surface area (Å²) in [5.74, 6) is 0.966. The van der Waals surface area contributed by atoms with E-state index < -0.39 is 0 Å². The van der Waals surface area contributed by atoms with Gasteiger partial charge >= 0.3 is 0 Å². The van der Waals surface area contributed by atoms with E-state index in [0.29, 0.717) is 6.04 Å². The van der Waals surface area contributed by atoms with Crippen molar-refractivity contribution in [1.82, 2.24) is 19.7 Å². The van der Waals surface area contributed by atoms with Gasteiger partial charge in [0.1, 0.15) is 0 Å². The molecule has 138 valence electrons. The highest BCUT2D eigenvalue weighted by molar-refractivity contribution is 14.0. The maximum Gasteiger partial charge on any atom is 0.194 e. The molecule has 7 heteroatoms. The Morgan fingerprint density at radius 1 is 1.42 bits per heavy atom. The van der Waals surface area contributed by atoms with Gasteiger partial charge in [-0.05, 0) is 26.0 Å². The largest absolute Gasteiger partial charge is 0.379 e. The Balaban J connectivity index is 0.00000288. The molecule has 0 bridgehead atoms. The number of aryl methyl sites for hydroxylation is 1. The van der Waals surface area contributed by atoms with Gasteiger partial charge in [-0.25, -0.2) is 0 Å². The maximum atomic E-state index is 5.42. The van der Waals surface area contributed by atoms with Gasteiger partial charge < -0.3 is 19.5 Å². The Hall–Kier alpha value is -0.800.